The number of carbonyl (C=O) groups excluding carboxylic acids is 1. The lowest BCUT2D eigenvalue weighted by Gasteiger charge is -2.21. The summed E-state index contributed by atoms with van der Waals surface area (Å²) in [7, 11) is 1.62. The van der Waals surface area contributed by atoms with Crippen LogP contribution >= 0.6 is 0 Å². The Balaban J connectivity index is 2.82. The smallest absolute Gasteiger partial charge is 0.412 e. The van der Waals surface area contributed by atoms with E-state index in [-0.39, 0.29) is 0 Å². The van der Waals surface area contributed by atoms with Crippen molar-refractivity contribution in [2.24, 2.45) is 5.92 Å². The number of carbonyl (C=O) groups is 1. The van der Waals surface area contributed by atoms with E-state index in [1.54, 1.807) is 7.11 Å². The van der Waals surface area contributed by atoms with E-state index in [0.717, 1.165) is 30.8 Å². The Kier molecular flexibility index (Phi) is 7.20. The van der Waals surface area contributed by atoms with Gasteiger partial charge in [0.15, 0.2) is 0 Å². The fourth-order valence-electron chi connectivity index (χ4n) is 2.20. The van der Waals surface area contributed by atoms with Crippen molar-refractivity contribution in [3.8, 4) is 5.75 Å². The zero-order valence-corrected chi connectivity index (χ0v) is 15.2. The fourth-order valence-corrected chi connectivity index (χ4v) is 2.20. The van der Waals surface area contributed by atoms with E-state index in [1.807, 2.05) is 39.0 Å². The molecule has 0 saturated heterocycles. The molecule has 0 spiro atoms. The first kappa shape index (κ1) is 19.1. The SMILES string of the molecule is CCCC(C)CNc1cc(OC)ccc1NC(=O)OC(C)(C)C. The van der Waals surface area contributed by atoms with Crippen molar-refractivity contribution in [3.05, 3.63) is 18.2 Å². The molecule has 5 heteroatoms. The van der Waals surface area contributed by atoms with E-state index in [4.69, 9.17) is 9.47 Å². The molecule has 0 aliphatic carbocycles. The third-order valence-electron chi connectivity index (χ3n) is 3.28. The fraction of sp³-hybridized carbons (Fsp3) is 0.611. The van der Waals surface area contributed by atoms with Crippen LogP contribution in [0.2, 0.25) is 0 Å². The molecule has 0 radical (unpaired) electrons. The first-order valence-corrected chi connectivity index (χ1v) is 8.17. The molecule has 0 bridgehead atoms. The third-order valence-corrected chi connectivity index (χ3v) is 3.28. The van der Waals surface area contributed by atoms with Gasteiger partial charge in [-0.1, -0.05) is 20.3 Å². The van der Waals surface area contributed by atoms with Gasteiger partial charge in [-0.2, -0.15) is 0 Å². The number of ether oxygens (including phenoxy) is 2. The summed E-state index contributed by atoms with van der Waals surface area (Å²) in [5.41, 5.74) is 0.988. The van der Waals surface area contributed by atoms with Crippen LogP contribution in [0.3, 0.4) is 0 Å². The standard InChI is InChI=1S/C18H30N2O3/c1-7-8-13(2)12-19-16-11-14(22-6)9-10-15(16)20-17(21)23-18(3,4)5/h9-11,13,19H,7-8,12H2,1-6H3,(H,20,21). The van der Waals surface area contributed by atoms with E-state index in [2.05, 4.69) is 24.5 Å². The van der Waals surface area contributed by atoms with Gasteiger partial charge in [-0.3, -0.25) is 5.32 Å². The minimum Gasteiger partial charge on any atom is -0.497 e. The summed E-state index contributed by atoms with van der Waals surface area (Å²) in [6.07, 6.45) is 1.85. The molecule has 0 fully saturated rings. The molecule has 1 atom stereocenters. The van der Waals surface area contributed by atoms with Crippen molar-refractivity contribution in [3.63, 3.8) is 0 Å². The average molecular weight is 322 g/mol. The van der Waals surface area contributed by atoms with Crippen LogP contribution in [-0.2, 0) is 4.74 Å². The molecular weight excluding hydrogens is 292 g/mol. The average Bonchev–Trinajstić information content (AvgIpc) is 2.44. The number of anilines is 2. The molecule has 2 N–H and O–H groups in total. The topological polar surface area (TPSA) is 59.6 Å². The predicted molar refractivity (Wildman–Crippen MR) is 95.4 cm³/mol. The Morgan fingerprint density at radius 1 is 1.26 bits per heavy atom. The van der Waals surface area contributed by atoms with Gasteiger partial charge in [0.1, 0.15) is 11.4 Å². The highest BCUT2D eigenvalue weighted by atomic mass is 16.6. The second kappa shape index (κ2) is 8.65. The molecule has 1 aromatic rings. The number of methoxy groups -OCH3 is 1. The minimum absolute atomic E-state index is 0.465. The first-order valence-electron chi connectivity index (χ1n) is 8.17. The molecular formula is C18H30N2O3. The normalized spacial score (nSPS) is 12.4. The van der Waals surface area contributed by atoms with Crippen molar-refractivity contribution in [1.29, 1.82) is 0 Å². The molecule has 1 unspecified atom stereocenters. The molecule has 0 aromatic heterocycles. The van der Waals surface area contributed by atoms with Gasteiger partial charge in [-0.25, -0.2) is 4.79 Å². The van der Waals surface area contributed by atoms with Gasteiger partial charge in [0.05, 0.1) is 18.5 Å². The molecule has 1 amide bonds. The summed E-state index contributed by atoms with van der Waals surface area (Å²) in [6, 6.07) is 5.51. The molecule has 0 aliphatic rings. The lowest BCUT2D eigenvalue weighted by Crippen LogP contribution is -2.27. The Morgan fingerprint density at radius 3 is 2.52 bits per heavy atom. The van der Waals surface area contributed by atoms with Gasteiger partial charge in [-0.05, 0) is 45.2 Å². The van der Waals surface area contributed by atoms with Crippen LogP contribution < -0.4 is 15.4 Å². The minimum atomic E-state index is -0.528. The molecule has 1 rings (SSSR count). The van der Waals surface area contributed by atoms with E-state index >= 15 is 0 Å². The highest BCUT2D eigenvalue weighted by Crippen LogP contribution is 2.28. The Morgan fingerprint density at radius 2 is 1.96 bits per heavy atom. The summed E-state index contributed by atoms with van der Waals surface area (Å²) in [5, 5.41) is 6.19. The maximum atomic E-state index is 12.0. The first-order chi connectivity index (χ1) is 10.7. The van der Waals surface area contributed by atoms with Crippen LogP contribution in [-0.4, -0.2) is 25.3 Å². The maximum Gasteiger partial charge on any atom is 0.412 e. The number of rotatable bonds is 7. The molecule has 5 nitrogen and oxygen atoms in total. The van der Waals surface area contributed by atoms with Crippen LogP contribution in [0.15, 0.2) is 18.2 Å². The quantitative estimate of drug-likeness (QED) is 0.750. The summed E-state index contributed by atoms with van der Waals surface area (Å²) < 4.78 is 10.6. The van der Waals surface area contributed by atoms with Crippen LogP contribution in [0.1, 0.15) is 47.5 Å². The molecule has 0 aliphatic heterocycles. The number of benzene rings is 1. The van der Waals surface area contributed by atoms with E-state index in [1.165, 1.54) is 0 Å². The van der Waals surface area contributed by atoms with Gasteiger partial charge in [0, 0.05) is 12.6 Å². The zero-order valence-electron chi connectivity index (χ0n) is 15.2. The van der Waals surface area contributed by atoms with Crippen LogP contribution in [0.4, 0.5) is 16.2 Å². The summed E-state index contributed by atoms with van der Waals surface area (Å²) in [6.45, 7) is 10.7. The predicted octanol–water partition coefficient (Wildman–Crippen LogP) is 4.89. The number of nitrogens with one attached hydrogen (secondary N) is 2. The maximum absolute atomic E-state index is 12.0. The number of hydrogen-bond acceptors (Lipinski definition) is 4. The summed E-state index contributed by atoms with van der Waals surface area (Å²) in [4.78, 5) is 12.0. The Hall–Kier alpha value is -1.91. The number of amides is 1. The highest BCUT2D eigenvalue weighted by molar-refractivity contribution is 5.90. The van der Waals surface area contributed by atoms with Crippen molar-refractivity contribution >= 4 is 17.5 Å². The van der Waals surface area contributed by atoms with Gasteiger partial charge in [0.2, 0.25) is 0 Å². The van der Waals surface area contributed by atoms with E-state index in [0.29, 0.717) is 11.6 Å². The second-order valence-electron chi connectivity index (χ2n) is 6.81. The van der Waals surface area contributed by atoms with Gasteiger partial charge < -0.3 is 14.8 Å². The Labute approximate surface area is 139 Å². The molecule has 23 heavy (non-hydrogen) atoms. The van der Waals surface area contributed by atoms with Crippen molar-refractivity contribution in [2.75, 3.05) is 24.3 Å². The molecule has 130 valence electrons. The lowest BCUT2D eigenvalue weighted by molar-refractivity contribution is 0.0636. The van der Waals surface area contributed by atoms with Crippen molar-refractivity contribution < 1.29 is 14.3 Å². The number of hydrogen-bond donors (Lipinski definition) is 2. The summed E-state index contributed by atoms with van der Waals surface area (Å²) >= 11 is 0. The van der Waals surface area contributed by atoms with Crippen molar-refractivity contribution in [2.45, 2.75) is 53.1 Å². The van der Waals surface area contributed by atoms with Gasteiger partial charge in [-0.15, -0.1) is 0 Å². The van der Waals surface area contributed by atoms with Gasteiger partial charge >= 0.3 is 6.09 Å². The third kappa shape index (κ3) is 7.26. The molecule has 0 heterocycles. The lowest BCUT2D eigenvalue weighted by atomic mass is 10.1. The monoisotopic (exact) mass is 322 g/mol. The second-order valence-corrected chi connectivity index (χ2v) is 6.81. The Bertz CT molecular complexity index is 509. The van der Waals surface area contributed by atoms with Crippen LogP contribution in [0.5, 0.6) is 5.75 Å². The molecule has 0 saturated carbocycles. The highest BCUT2D eigenvalue weighted by Gasteiger charge is 2.17. The van der Waals surface area contributed by atoms with Crippen LogP contribution in [0.25, 0.3) is 0 Å². The molecule has 1 aromatic carbocycles. The van der Waals surface area contributed by atoms with E-state index < -0.39 is 11.7 Å². The summed E-state index contributed by atoms with van der Waals surface area (Å²) in [5.74, 6) is 1.30. The largest absolute Gasteiger partial charge is 0.497 e. The van der Waals surface area contributed by atoms with Gasteiger partial charge in [0.25, 0.3) is 0 Å². The van der Waals surface area contributed by atoms with Crippen molar-refractivity contribution in [1.82, 2.24) is 0 Å². The zero-order chi connectivity index (χ0) is 17.5. The van der Waals surface area contributed by atoms with E-state index in [9.17, 15) is 4.79 Å². The van der Waals surface area contributed by atoms with Crippen LogP contribution in [0, 0.1) is 5.92 Å².